The fraction of sp³-hybridized carbons (Fsp3) is 0.600. The van der Waals surface area contributed by atoms with Crippen molar-refractivity contribution in [3.63, 3.8) is 0 Å². The van der Waals surface area contributed by atoms with Crippen LogP contribution in [0, 0.1) is 0 Å². The lowest BCUT2D eigenvalue weighted by Gasteiger charge is -1.87. The first kappa shape index (κ1) is 6.22. The van der Waals surface area contributed by atoms with Gasteiger partial charge in [-0.1, -0.05) is 6.92 Å². The van der Waals surface area contributed by atoms with Crippen LogP contribution in [0.3, 0.4) is 0 Å². The number of hydrogen-bond acceptors (Lipinski definition) is 3. The van der Waals surface area contributed by atoms with Crippen LogP contribution in [0.25, 0.3) is 0 Å². The van der Waals surface area contributed by atoms with E-state index in [1.165, 1.54) is 4.80 Å². The molecule has 50 valence electrons. The van der Waals surface area contributed by atoms with E-state index in [0.717, 1.165) is 12.1 Å². The van der Waals surface area contributed by atoms with Crippen LogP contribution in [0.4, 0.5) is 0 Å². The number of aryl methyl sites for hydroxylation is 1. The molecule has 0 saturated carbocycles. The predicted molar refractivity (Wildman–Crippen MR) is 31.6 cm³/mol. The third kappa shape index (κ3) is 1.26. The largest absolute Gasteiger partial charge is 0.373 e. The zero-order valence-electron chi connectivity index (χ0n) is 5.28. The normalized spacial score (nSPS) is 10.0. The molecule has 0 aliphatic rings. The third-order valence-corrected chi connectivity index (χ3v) is 1.07. The minimum atomic E-state index is -0.139. The summed E-state index contributed by atoms with van der Waals surface area (Å²) in [7, 11) is 0. The maximum Gasteiger partial charge on any atom is 0.155 e. The smallest absolute Gasteiger partial charge is 0.155 e. The Balaban J connectivity index is 2.74. The molecule has 4 heteroatoms. The number of aliphatic hydroxyl groups is 1. The Morgan fingerprint density at radius 3 is 2.89 bits per heavy atom. The summed E-state index contributed by atoms with van der Waals surface area (Å²) in [5, 5.41) is 16.1. The average Bonchev–Trinajstić information content (AvgIpc) is 2.34. The summed E-state index contributed by atoms with van der Waals surface area (Å²) in [6.45, 7) is 1.85. The van der Waals surface area contributed by atoms with Crippen LogP contribution in [0.5, 0.6) is 0 Å². The van der Waals surface area contributed by atoms with Gasteiger partial charge in [-0.2, -0.15) is 15.0 Å². The molecule has 1 N–H and O–H groups in total. The zero-order valence-corrected chi connectivity index (χ0v) is 5.28. The Morgan fingerprint density at radius 1 is 1.78 bits per heavy atom. The second kappa shape index (κ2) is 2.59. The molecule has 0 aliphatic heterocycles. The summed E-state index contributed by atoms with van der Waals surface area (Å²) < 4.78 is 0. The molecule has 0 amide bonds. The molecule has 0 aliphatic carbocycles. The minimum Gasteiger partial charge on any atom is -0.373 e. The Morgan fingerprint density at radius 2 is 2.56 bits per heavy atom. The fourth-order valence-corrected chi connectivity index (χ4v) is 0.563. The number of nitrogens with zero attached hydrogens (tertiary/aromatic N) is 3. The summed E-state index contributed by atoms with van der Waals surface area (Å²) >= 11 is 0. The Bertz CT molecular complexity index is 166. The molecule has 0 radical (unpaired) electrons. The maximum absolute atomic E-state index is 8.48. The first-order valence-corrected chi connectivity index (χ1v) is 2.86. The Hall–Kier alpha value is -0.900. The van der Waals surface area contributed by atoms with Crippen molar-refractivity contribution < 1.29 is 5.11 Å². The lowest BCUT2D eigenvalue weighted by molar-refractivity contribution is 0.177. The van der Waals surface area contributed by atoms with Crippen LogP contribution in [-0.4, -0.2) is 20.1 Å². The van der Waals surface area contributed by atoms with Crippen molar-refractivity contribution in [1.29, 1.82) is 0 Å². The minimum absolute atomic E-state index is 0.139. The molecular weight excluding hydrogens is 118 g/mol. The maximum atomic E-state index is 8.48. The molecule has 0 atom stereocenters. The molecular formula is C5H9N3O. The zero-order chi connectivity index (χ0) is 6.69. The van der Waals surface area contributed by atoms with Crippen molar-refractivity contribution >= 4 is 0 Å². The lowest BCUT2D eigenvalue weighted by Crippen LogP contribution is -2.00. The predicted octanol–water partition coefficient (Wildman–Crippen LogP) is -0.210. The van der Waals surface area contributed by atoms with Gasteiger partial charge in [0.1, 0.15) is 0 Å². The van der Waals surface area contributed by atoms with Gasteiger partial charge in [0.15, 0.2) is 6.73 Å². The van der Waals surface area contributed by atoms with Gasteiger partial charge >= 0.3 is 0 Å². The summed E-state index contributed by atoms with van der Waals surface area (Å²) in [5.41, 5.74) is 0.907. The van der Waals surface area contributed by atoms with E-state index in [-0.39, 0.29) is 6.73 Å². The van der Waals surface area contributed by atoms with E-state index >= 15 is 0 Å². The van der Waals surface area contributed by atoms with E-state index in [4.69, 9.17) is 5.11 Å². The highest BCUT2D eigenvalue weighted by atomic mass is 16.3. The van der Waals surface area contributed by atoms with Crippen LogP contribution in [0.15, 0.2) is 6.20 Å². The van der Waals surface area contributed by atoms with Crippen LogP contribution < -0.4 is 0 Å². The first-order chi connectivity index (χ1) is 4.36. The van der Waals surface area contributed by atoms with Gasteiger partial charge in [-0.05, 0) is 6.42 Å². The molecule has 1 aromatic heterocycles. The van der Waals surface area contributed by atoms with Gasteiger partial charge in [0, 0.05) is 0 Å². The van der Waals surface area contributed by atoms with Crippen LogP contribution in [0.1, 0.15) is 12.6 Å². The van der Waals surface area contributed by atoms with E-state index in [9.17, 15) is 0 Å². The van der Waals surface area contributed by atoms with Gasteiger partial charge in [-0.3, -0.25) is 0 Å². The van der Waals surface area contributed by atoms with Crippen molar-refractivity contribution in [2.75, 3.05) is 0 Å². The third-order valence-electron chi connectivity index (χ3n) is 1.07. The summed E-state index contributed by atoms with van der Waals surface area (Å²) in [6, 6.07) is 0. The Kier molecular flexibility index (Phi) is 1.79. The molecule has 1 heterocycles. The highest BCUT2D eigenvalue weighted by molar-refractivity contribution is 4.89. The second-order valence-electron chi connectivity index (χ2n) is 1.70. The summed E-state index contributed by atoms with van der Waals surface area (Å²) in [6.07, 6.45) is 2.51. The number of hydrogen-bond donors (Lipinski definition) is 1. The molecule has 0 aromatic carbocycles. The molecule has 4 nitrogen and oxygen atoms in total. The SMILES string of the molecule is CCc1cnn(CO)n1. The van der Waals surface area contributed by atoms with E-state index in [1.807, 2.05) is 6.92 Å². The first-order valence-electron chi connectivity index (χ1n) is 2.86. The van der Waals surface area contributed by atoms with Gasteiger partial charge < -0.3 is 5.11 Å². The molecule has 0 spiro atoms. The van der Waals surface area contributed by atoms with Crippen molar-refractivity contribution in [2.24, 2.45) is 0 Å². The quantitative estimate of drug-likeness (QED) is 0.598. The highest BCUT2D eigenvalue weighted by Crippen LogP contribution is 1.89. The van der Waals surface area contributed by atoms with Gasteiger partial charge in [0.2, 0.25) is 0 Å². The van der Waals surface area contributed by atoms with E-state index in [2.05, 4.69) is 10.2 Å². The standard InChI is InChI=1S/C5H9N3O/c1-2-5-3-6-8(4-9)7-5/h3,9H,2,4H2,1H3. The van der Waals surface area contributed by atoms with Crippen LogP contribution in [0.2, 0.25) is 0 Å². The molecule has 0 fully saturated rings. The molecule has 0 saturated heterocycles. The van der Waals surface area contributed by atoms with E-state index < -0.39 is 0 Å². The van der Waals surface area contributed by atoms with Crippen molar-refractivity contribution in [2.45, 2.75) is 20.1 Å². The lowest BCUT2D eigenvalue weighted by atomic mass is 10.4. The Labute approximate surface area is 53.1 Å². The molecule has 0 bridgehead atoms. The summed E-state index contributed by atoms with van der Waals surface area (Å²) in [4.78, 5) is 1.25. The molecule has 9 heavy (non-hydrogen) atoms. The monoisotopic (exact) mass is 127 g/mol. The van der Waals surface area contributed by atoms with Gasteiger partial charge in [0.25, 0.3) is 0 Å². The van der Waals surface area contributed by atoms with Crippen molar-refractivity contribution in [3.8, 4) is 0 Å². The number of rotatable bonds is 2. The highest BCUT2D eigenvalue weighted by Gasteiger charge is 1.93. The molecule has 1 rings (SSSR count). The van der Waals surface area contributed by atoms with Crippen LogP contribution >= 0.6 is 0 Å². The van der Waals surface area contributed by atoms with Crippen LogP contribution in [-0.2, 0) is 13.2 Å². The van der Waals surface area contributed by atoms with Crippen molar-refractivity contribution in [3.05, 3.63) is 11.9 Å². The van der Waals surface area contributed by atoms with Gasteiger partial charge in [-0.25, -0.2) is 0 Å². The number of aliphatic hydroxyl groups excluding tert-OH is 1. The summed E-state index contributed by atoms with van der Waals surface area (Å²) in [5.74, 6) is 0. The topological polar surface area (TPSA) is 50.9 Å². The van der Waals surface area contributed by atoms with Crippen molar-refractivity contribution in [1.82, 2.24) is 15.0 Å². The van der Waals surface area contributed by atoms with E-state index in [0.29, 0.717) is 0 Å². The fourth-order valence-electron chi connectivity index (χ4n) is 0.563. The second-order valence-corrected chi connectivity index (χ2v) is 1.70. The molecule has 0 unspecified atom stereocenters. The number of aromatic nitrogens is 3. The average molecular weight is 127 g/mol. The van der Waals surface area contributed by atoms with Gasteiger partial charge in [0.05, 0.1) is 11.9 Å². The molecule has 1 aromatic rings. The van der Waals surface area contributed by atoms with E-state index in [1.54, 1.807) is 6.20 Å². The van der Waals surface area contributed by atoms with Gasteiger partial charge in [-0.15, -0.1) is 0 Å².